The number of fused-ring (bicyclic) bond motifs is 4. The Morgan fingerprint density at radius 2 is 1.23 bits per heavy atom. The minimum absolute atomic E-state index is 0.145. The number of hydrogen-bond acceptors (Lipinski definition) is 14. The van der Waals surface area contributed by atoms with E-state index in [-0.39, 0.29) is 24.4 Å². The van der Waals surface area contributed by atoms with Crippen molar-refractivity contribution in [2.24, 2.45) is 0 Å². The summed E-state index contributed by atoms with van der Waals surface area (Å²) in [6.45, 7) is 17.5. The third-order valence-corrected chi connectivity index (χ3v) is 14.2. The fraction of sp³-hybridized carbons (Fsp3) is 0.480. The van der Waals surface area contributed by atoms with Gasteiger partial charge in [0.2, 0.25) is 0 Å². The van der Waals surface area contributed by atoms with Gasteiger partial charge in [0.15, 0.2) is 0 Å². The number of nitriles is 2. The van der Waals surface area contributed by atoms with Crippen LogP contribution in [0.4, 0.5) is 11.4 Å². The molecule has 0 aliphatic carbocycles. The van der Waals surface area contributed by atoms with Crippen LogP contribution in [0, 0.1) is 22.7 Å². The first kappa shape index (κ1) is 42.6. The Morgan fingerprint density at radius 1 is 0.667 bits per heavy atom. The molecule has 4 saturated heterocycles. The number of anilines is 2. The number of morpholine rings is 2. The van der Waals surface area contributed by atoms with Crippen LogP contribution in [-0.2, 0) is 35.4 Å². The van der Waals surface area contributed by atoms with E-state index in [2.05, 4.69) is 111 Å². The fourth-order valence-corrected chi connectivity index (χ4v) is 11.0. The maximum absolute atomic E-state index is 9.47. The van der Waals surface area contributed by atoms with E-state index in [0.717, 1.165) is 138 Å². The van der Waals surface area contributed by atoms with Crippen molar-refractivity contribution in [2.75, 3.05) is 88.3 Å². The Morgan fingerprint density at radius 3 is 1.80 bits per heavy atom. The number of nitrogens with zero attached hydrogens (tertiary/aromatic N) is 12. The van der Waals surface area contributed by atoms with Crippen molar-refractivity contribution >= 4 is 33.2 Å². The largest absolute Gasteiger partial charge is 0.370 e. The van der Waals surface area contributed by atoms with Crippen molar-refractivity contribution in [3.05, 3.63) is 107 Å². The highest BCUT2D eigenvalue weighted by molar-refractivity contribution is 5.96. The standard InChI is InChI=1S/2C25H29N7O/c1-17-12-31(24-5-4-18(9-26)25-22(24)3-2-7-28-25)16-21(33-17)15-30-13-20(14-30)32-23-6-8-27-10-19(23)11-29-32;1-17-11-31(24-5-4-18(9-26)25-22(24)3-2-7-28-25)16-21(33-17)15-30-13-20(14-30)32-12-19-10-27-8-6-23(19)29-32/h2-5,7,11,17,20-21,27H,6,8,10,12-16H2,1H3;2-5,7,12,17,20-21,27H,6,8,10-11,13-16H2,1H3/t2*17-,21+/m11/s1. The lowest BCUT2D eigenvalue weighted by molar-refractivity contribution is -0.0492. The molecule has 0 spiro atoms. The summed E-state index contributed by atoms with van der Waals surface area (Å²) in [4.78, 5) is 18.7. The predicted octanol–water partition coefficient (Wildman–Crippen LogP) is 4.20. The van der Waals surface area contributed by atoms with E-state index in [1.165, 1.54) is 22.5 Å². The molecule has 4 atom stereocenters. The zero-order valence-corrected chi connectivity index (χ0v) is 37.9. The van der Waals surface area contributed by atoms with Crippen molar-refractivity contribution in [3.8, 4) is 12.1 Å². The second-order valence-electron chi connectivity index (χ2n) is 19.0. The number of ether oxygens (including phenoxy) is 2. The van der Waals surface area contributed by atoms with Crippen LogP contribution in [0.3, 0.4) is 0 Å². The van der Waals surface area contributed by atoms with E-state index in [0.29, 0.717) is 23.2 Å². The van der Waals surface area contributed by atoms with Crippen molar-refractivity contribution in [2.45, 2.75) is 76.3 Å². The van der Waals surface area contributed by atoms with Gasteiger partial charge in [0.1, 0.15) is 12.1 Å². The summed E-state index contributed by atoms with van der Waals surface area (Å²) in [5.41, 5.74) is 10.4. The molecule has 2 aromatic carbocycles. The Labute approximate surface area is 385 Å². The summed E-state index contributed by atoms with van der Waals surface area (Å²) < 4.78 is 17.1. The number of pyridine rings is 2. The third kappa shape index (κ3) is 8.49. The summed E-state index contributed by atoms with van der Waals surface area (Å²) in [5, 5.41) is 37.4. The molecular formula is C50H58N14O2. The summed E-state index contributed by atoms with van der Waals surface area (Å²) in [6.07, 6.45) is 10.5. The third-order valence-electron chi connectivity index (χ3n) is 14.2. The Balaban J connectivity index is 0.000000146. The molecule has 16 heteroatoms. The van der Waals surface area contributed by atoms with Crippen LogP contribution in [0.2, 0.25) is 0 Å². The molecule has 4 aromatic heterocycles. The molecule has 10 heterocycles. The quantitative estimate of drug-likeness (QED) is 0.224. The minimum atomic E-state index is 0.145. The molecule has 340 valence electrons. The average Bonchev–Trinajstić information content (AvgIpc) is 3.95. The predicted molar refractivity (Wildman–Crippen MR) is 252 cm³/mol. The molecule has 0 unspecified atom stereocenters. The molecule has 4 fully saturated rings. The first-order valence-corrected chi connectivity index (χ1v) is 23.7. The van der Waals surface area contributed by atoms with Crippen molar-refractivity contribution < 1.29 is 9.47 Å². The molecule has 6 aliphatic rings. The highest BCUT2D eigenvalue weighted by Crippen LogP contribution is 2.34. The van der Waals surface area contributed by atoms with E-state index >= 15 is 0 Å². The van der Waals surface area contributed by atoms with Gasteiger partial charge in [0.05, 0.1) is 70.6 Å². The number of nitrogens with one attached hydrogen (secondary N) is 2. The van der Waals surface area contributed by atoms with Gasteiger partial charge in [-0.3, -0.25) is 29.1 Å². The Hall–Kier alpha value is -5.98. The second-order valence-corrected chi connectivity index (χ2v) is 19.0. The van der Waals surface area contributed by atoms with Crippen LogP contribution in [0.15, 0.2) is 73.3 Å². The zero-order valence-electron chi connectivity index (χ0n) is 37.9. The lowest BCUT2D eigenvalue weighted by Crippen LogP contribution is -2.56. The van der Waals surface area contributed by atoms with Crippen molar-refractivity contribution in [1.29, 1.82) is 10.5 Å². The first-order chi connectivity index (χ1) is 32.4. The second kappa shape index (κ2) is 18.4. The van der Waals surface area contributed by atoms with Gasteiger partial charge >= 0.3 is 0 Å². The highest BCUT2D eigenvalue weighted by Gasteiger charge is 2.37. The number of hydrogen-bond donors (Lipinski definition) is 2. The van der Waals surface area contributed by atoms with Crippen LogP contribution in [0.5, 0.6) is 0 Å². The monoisotopic (exact) mass is 886 g/mol. The molecule has 12 rings (SSSR count). The van der Waals surface area contributed by atoms with E-state index in [4.69, 9.17) is 14.6 Å². The van der Waals surface area contributed by atoms with Gasteiger partial charge in [-0.15, -0.1) is 0 Å². The maximum Gasteiger partial charge on any atom is 0.101 e. The smallest absolute Gasteiger partial charge is 0.101 e. The van der Waals surface area contributed by atoms with Crippen molar-refractivity contribution in [1.82, 2.24) is 50.0 Å². The fourth-order valence-electron chi connectivity index (χ4n) is 11.0. The van der Waals surface area contributed by atoms with E-state index in [9.17, 15) is 10.5 Å². The van der Waals surface area contributed by atoms with E-state index in [1.807, 2.05) is 30.5 Å². The molecule has 0 bridgehead atoms. The molecule has 6 aliphatic heterocycles. The van der Waals surface area contributed by atoms with Gasteiger partial charge in [-0.05, 0) is 62.4 Å². The maximum atomic E-state index is 9.47. The molecule has 0 saturated carbocycles. The number of rotatable bonds is 8. The van der Waals surface area contributed by atoms with Gasteiger partial charge < -0.3 is 29.9 Å². The highest BCUT2D eigenvalue weighted by atomic mass is 16.5. The molecular weight excluding hydrogens is 829 g/mol. The molecule has 16 nitrogen and oxygen atoms in total. The lowest BCUT2D eigenvalue weighted by atomic mass is 10.0. The topological polar surface area (TPSA) is 164 Å². The van der Waals surface area contributed by atoms with E-state index < -0.39 is 0 Å². The van der Waals surface area contributed by atoms with Crippen LogP contribution < -0.4 is 20.4 Å². The lowest BCUT2D eigenvalue weighted by Gasteiger charge is -2.45. The van der Waals surface area contributed by atoms with Gasteiger partial charge in [-0.1, -0.05) is 0 Å². The summed E-state index contributed by atoms with van der Waals surface area (Å²) in [6, 6.07) is 21.4. The molecule has 2 N–H and O–H groups in total. The summed E-state index contributed by atoms with van der Waals surface area (Å²) >= 11 is 0. The first-order valence-electron chi connectivity index (χ1n) is 23.7. The summed E-state index contributed by atoms with van der Waals surface area (Å²) in [5.74, 6) is 0. The minimum Gasteiger partial charge on any atom is -0.370 e. The van der Waals surface area contributed by atoms with E-state index in [1.54, 1.807) is 12.4 Å². The summed E-state index contributed by atoms with van der Waals surface area (Å²) in [7, 11) is 0. The van der Waals surface area contributed by atoms with Crippen LogP contribution in [0.1, 0.15) is 59.6 Å². The van der Waals surface area contributed by atoms with Crippen molar-refractivity contribution in [3.63, 3.8) is 0 Å². The Kier molecular flexibility index (Phi) is 11.9. The average molecular weight is 887 g/mol. The number of likely N-dealkylation sites (tertiary alicyclic amines) is 2. The number of benzene rings is 2. The van der Waals surface area contributed by atoms with Gasteiger partial charge in [0, 0.05) is 162 Å². The zero-order chi connectivity index (χ0) is 44.7. The van der Waals surface area contributed by atoms with Gasteiger partial charge in [0.25, 0.3) is 0 Å². The molecule has 0 amide bonds. The normalized spacial score (nSPS) is 23.8. The number of aromatic nitrogens is 6. The van der Waals surface area contributed by atoms with Crippen LogP contribution >= 0.6 is 0 Å². The van der Waals surface area contributed by atoms with Gasteiger partial charge in [-0.2, -0.15) is 20.7 Å². The molecule has 0 radical (unpaired) electrons. The SMILES string of the molecule is C[C@@H]1CN(c2ccc(C#N)c3ncccc23)C[C@H](CN2CC(n3cc4c(n3)CCNC4)C2)O1.C[C@@H]1CN(c2ccc(C#N)c3ncccc23)C[C@H](CN2CC(n3ncc4c3CCNC4)C2)O1. The van der Waals surface area contributed by atoms with Crippen LogP contribution in [0.25, 0.3) is 21.8 Å². The molecule has 66 heavy (non-hydrogen) atoms. The van der Waals surface area contributed by atoms with Crippen LogP contribution in [-0.4, -0.2) is 142 Å². The Bertz CT molecular complexity index is 2770. The van der Waals surface area contributed by atoms with Gasteiger partial charge in [-0.25, -0.2) is 0 Å². The molecule has 6 aromatic rings.